The summed E-state index contributed by atoms with van der Waals surface area (Å²) in [6, 6.07) is 10.9. The molecule has 0 saturated heterocycles. The molecule has 0 aliphatic carbocycles. The Balaban J connectivity index is 1.47. The van der Waals surface area contributed by atoms with Crippen molar-refractivity contribution in [3.63, 3.8) is 0 Å². The number of H-pyrrole nitrogens is 1. The zero-order valence-corrected chi connectivity index (χ0v) is 16.6. The van der Waals surface area contributed by atoms with Gasteiger partial charge < -0.3 is 19.6 Å². The summed E-state index contributed by atoms with van der Waals surface area (Å²) in [6.07, 6.45) is 6.38. The third-order valence-corrected chi connectivity index (χ3v) is 5.42. The number of fused-ring (bicyclic) bond motifs is 1. The van der Waals surface area contributed by atoms with Crippen molar-refractivity contribution in [2.75, 3.05) is 13.1 Å². The molecule has 0 radical (unpaired) electrons. The van der Waals surface area contributed by atoms with Crippen LogP contribution in [-0.2, 0) is 4.79 Å². The van der Waals surface area contributed by atoms with Crippen LogP contribution in [0.2, 0.25) is 0 Å². The van der Waals surface area contributed by atoms with E-state index in [0.29, 0.717) is 13.1 Å². The van der Waals surface area contributed by atoms with E-state index < -0.39 is 6.04 Å². The van der Waals surface area contributed by atoms with Gasteiger partial charge in [0.25, 0.3) is 5.91 Å². The van der Waals surface area contributed by atoms with Crippen molar-refractivity contribution in [1.82, 2.24) is 15.2 Å². The average Bonchev–Trinajstić information content (AvgIpc) is 3.41. The summed E-state index contributed by atoms with van der Waals surface area (Å²) in [6.45, 7) is 5.03. The summed E-state index contributed by atoms with van der Waals surface area (Å²) in [5.74, 6) is -0.243. The van der Waals surface area contributed by atoms with Crippen molar-refractivity contribution < 1.29 is 14.0 Å². The number of rotatable bonds is 5. The number of carbonyl (C=O) groups is 2. The maximum atomic E-state index is 13.1. The van der Waals surface area contributed by atoms with Gasteiger partial charge in [-0.15, -0.1) is 0 Å². The van der Waals surface area contributed by atoms with Crippen molar-refractivity contribution in [2.45, 2.75) is 26.3 Å². The van der Waals surface area contributed by atoms with Gasteiger partial charge in [-0.2, -0.15) is 0 Å². The first-order valence-electron chi connectivity index (χ1n) is 9.93. The maximum Gasteiger partial charge on any atom is 0.287 e. The van der Waals surface area contributed by atoms with Crippen molar-refractivity contribution in [2.24, 2.45) is 5.92 Å². The van der Waals surface area contributed by atoms with Gasteiger partial charge in [-0.3, -0.25) is 9.59 Å². The highest BCUT2D eigenvalue weighted by molar-refractivity contribution is 5.96. The van der Waals surface area contributed by atoms with E-state index in [0.717, 1.165) is 11.9 Å². The summed E-state index contributed by atoms with van der Waals surface area (Å²) in [5.41, 5.74) is 3.55. The number of amides is 2. The van der Waals surface area contributed by atoms with Crippen molar-refractivity contribution in [3.8, 4) is 0 Å². The molecule has 0 spiro atoms. The number of nitrogens with zero attached hydrogens (tertiary/aromatic N) is 1. The Kier molecular flexibility index (Phi) is 5.25. The number of aromatic nitrogens is 1. The highest BCUT2D eigenvalue weighted by Crippen LogP contribution is 2.29. The second kappa shape index (κ2) is 7.99. The summed E-state index contributed by atoms with van der Waals surface area (Å²) >= 11 is 0. The van der Waals surface area contributed by atoms with E-state index >= 15 is 0 Å². The molecule has 0 bridgehead atoms. The van der Waals surface area contributed by atoms with Crippen molar-refractivity contribution in [3.05, 3.63) is 66.3 Å². The summed E-state index contributed by atoms with van der Waals surface area (Å²) in [5, 5.41) is 4.03. The van der Waals surface area contributed by atoms with Crippen LogP contribution in [0.3, 0.4) is 0 Å². The predicted molar refractivity (Wildman–Crippen MR) is 112 cm³/mol. The molecule has 3 heterocycles. The molecule has 3 aromatic rings. The van der Waals surface area contributed by atoms with Crippen LogP contribution in [0.25, 0.3) is 16.5 Å². The highest BCUT2D eigenvalue weighted by atomic mass is 16.3. The lowest BCUT2D eigenvalue weighted by atomic mass is 9.97. The van der Waals surface area contributed by atoms with Crippen LogP contribution in [0.15, 0.2) is 59.4 Å². The molecular formula is C23H25N3O3. The van der Waals surface area contributed by atoms with E-state index in [1.807, 2.05) is 37.1 Å². The Labute approximate surface area is 169 Å². The van der Waals surface area contributed by atoms with Gasteiger partial charge in [-0.05, 0) is 36.1 Å². The average molecular weight is 391 g/mol. The summed E-state index contributed by atoms with van der Waals surface area (Å²) < 4.78 is 5.14. The topological polar surface area (TPSA) is 78.3 Å². The van der Waals surface area contributed by atoms with E-state index in [4.69, 9.17) is 4.42 Å². The van der Waals surface area contributed by atoms with Crippen LogP contribution in [0.1, 0.15) is 36.4 Å². The lowest BCUT2D eigenvalue weighted by Crippen LogP contribution is -2.52. The number of hydrogen-bond donors (Lipinski definition) is 2. The Hall–Kier alpha value is -3.28. The van der Waals surface area contributed by atoms with Gasteiger partial charge in [0.15, 0.2) is 5.76 Å². The fourth-order valence-corrected chi connectivity index (χ4v) is 3.78. The Morgan fingerprint density at radius 1 is 1.17 bits per heavy atom. The Morgan fingerprint density at radius 2 is 2.00 bits per heavy atom. The van der Waals surface area contributed by atoms with E-state index in [1.165, 1.54) is 22.8 Å². The molecule has 0 unspecified atom stereocenters. The summed E-state index contributed by atoms with van der Waals surface area (Å²) in [4.78, 5) is 30.6. The zero-order chi connectivity index (χ0) is 20.4. The minimum Gasteiger partial charge on any atom is -0.459 e. The fourth-order valence-electron chi connectivity index (χ4n) is 3.78. The molecule has 4 rings (SSSR count). The molecule has 1 aliphatic heterocycles. The van der Waals surface area contributed by atoms with Crippen LogP contribution in [-0.4, -0.2) is 40.8 Å². The van der Waals surface area contributed by atoms with E-state index in [2.05, 4.69) is 28.5 Å². The van der Waals surface area contributed by atoms with Gasteiger partial charge in [0.05, 0.1) is 6.26 Å². The minimum absolute atomic E-state index is 0.0274. The van der Waals surface area contributed by atoms with E-state index in [9.17, 15) is 9.59 Å². The molecule has 29 heavy (non-hydrogen) atoms. The molecule has 0 saturated carbocycles. The number of para-hydroxylation sites is 1. The lowest BCUT2D eigenvalue weighted by Gasteiger charge is -2.31. The number of hydrogen-bond acceptors (Lipinski definition) is 3. The maximum absolute atomic E-state index is 13.1. The smallest absolute Gasteiger partial charge is 0.287 e. The van der Waals surface area contributed by atoms with Crippen molar-refractivity contribution in [1.29, 1.82) is 0 Å². The van der Waals surface area contributed by atoms with Crippen molar-refractivity contribution >= 4 is 28.3 Å². The van der Waals surface area contributed by atoms with Crippen LogP contribution in [0.4, 0.5) is 0 Å². The summed E-state index contributed by atoms with van der Waals surface area (Å²) in [7, 11) is 0. The van der Waals surface area contributed by atoms with E-state index in [1.54, 1.807) is 12.1 Å². The van der Waals surface area contributed by atoms with Crippen LogP contribution in [0, 0.1) is 5.92 Å². The molecule has 150 valence electrons. The first-order valence-corrected chi connectivity index (χ1v) is 9.93. The molecular weight excluding hydrogens is 366 g/mol. The molecule has 2 amide bonds. The number of aromatic amines is 1. The highest BCUT2D eigenvalue weighted by Gasteiger charge is 2.30. The number of furan rings is 1. The van der Waals surface area contributed by atoms with Crippen LogP contribution < -0.4 is 5.32 Å². The standard InChI is InChI=1S/C23H25N3O3/c1-15(2)21(25-22(27)20-8-5-13-29-20)23(28)26-11-9-16(10-12-26)18-14-24-19-7-4-3-6-17(18)19/h3-9,13-15,21,24H,10-12H2,1-2H3,(H,25,27)/t21-/m0/s1. The Morgan fingerprint density at radius 3 is 2.69 bits per heavy atom. The van der Waals surface area contributed by atoms with Gasteiger partial charge in [0, 0.05) is 35.8 Å². The van der Waals surface area contributed by atoms with Crippen LogP contribution >= 0.6 is 0 Å². The number of carbonyl (C=O) groups excluding carboxylic acids is 2. The number of nitrogens with one attached hydrogen (secondary N) is 2. The first kappa shape index (κ1) is 19.1. The van der Waals surface area contributed by atoms with Crippen LogP contribution in [0.5, 0.6) is 0 Å². The first-order chi connectivity index (χ1) is 14.0. The van der Waals surface area contributed by atoms with Gasteiger partial charge in [-0.25, -0.2) is 0 Å². The molecule has 2 aromatic heterocycles. The van der Waals surface area contributed by atoms with Gasteiger partial charge in [-0.1, -0.05) is 38.1 Å². The molecule has 6 nitrogen and oxygen atoms in total. The molecule has 1 aromatic carbocycles. The molecule has 0 fully saturated rings. The third kappa shape index (κ3) is 3.83. The largest absolute Gasteiger partial charge is 0.459 e. The predicted octanol–water partition coefficient (Wildman–Crippen LogP) is 3.83. The fraction of sp³-hybridized carbons (Fsp3) is 0.304. The molecule has 1 aliphatic rings. The molecule has 6 heteroatoms. The van der Waals surface area contributed by atoms with Gasteiger partial charge in [0.2, 0.25) is 5.91 Å². The lowest BCUT2D eigenvalue weighted by molar-refractivity contribution is -0.133. The molecule has 1 atom stereocenters. The monoisotopic (exact) mass is 391 g/mol. The molecule has 2 N–H and O–H groups in total. The number of benzene rings is 1. The zero-order valence-electron chi connectivity index (χ0n) is 16.6. The van der Waals surface area contributed by atoms with E-state index in [-0.39, 0.29) is 23.5 Å². The SMILES string of the molecule is CC(C)[C@H](NC(=O)c1ccco1)C(=O)N1CC=C(c2c[nH]c3ccccc23)CC1. The third-order valence-electron chi connectivity index (χ3n) is 5.42. The normalized spacial score (nSPS) is 15.4. The second-order valence-electron chi connectivity index (χ2n) is 7.68. The quantitative estimate of drug-likeness (QED) is 0.694. The minimum atomic E-state index is -0.587. The van der Waals surface area contributed by atoms with Gasteiger partial charge >= 0.3 is 0 Å². The van der Waals surface area contributed by atoms with Gasteiger partial charge in [0.1, 0.15) is 6.04 Å². The Bertz CT molecular complexity index is 1050. The second-order valence-corrected chi connectivity index (χ2v) is 7.68.